The molecular weight excluding hydrogens is 253 g/mol. The van der Waals surface area contributed by atoms with Crippen molar-refractivity contribution in [1.29, 1.82) is 0 Å². The summed E-state index contributed by atoms with van der Waals surface area (Å²) in [5.41, 5.74) is 6.32. The van der Waals surface area contributed by atoms with Crippen LogP contribution in [0.4, 0.5) is 22.0 Å². The van der Waals surface area contributed by atoms with Crippen molar-refractivity contribution in [3.05, 3.63) is 41.5 Å². The quantitative estimate of drug-likeness (QED) is 0.831. The Kier molecular flexibility index (Phi) is 4.11. The average Bonchev–Trinajstić information content (AvgIpc) is 2.26. The molecule has 0 aromatic heterocycles. The van der Waals surface area contributed by atoms with E-state index in [-0.39, 0.29) is 0 Å². The van der Waals surface area contributed by atoms with Crippen LogP contribution in [0.2, 0.25) is 0 Å². The lowest BCUT2D eigenvalue weighted by atomic mass is 10.1. The van der Waals surface area contributed by atoms with E-state index in [0.717, 1.165) is 11.6 Å². The topological polar surface area (TPSA) is 26.0 Å². The molecule has 1 rings (SSSR count). The summed E-state index contributed by atoms with van der Waals surface area (Å²) < 4.78 is 61.6. The van der Waals surface area contributed by atoms with Crippen LogP contribution in [-0.2, 0) is 0 Å². The molecule has 0 spiro atoms. The van der Waals surface area contributed by atoms with Gasteiger partial charge in [0.15, 0.2) is 0 Å². The third-order valence-electron chi connectivity index (χ3n) is 2.37. The molecule has 0 fully saturated rings. The Balaban J connectivity index is 2.82. The van der Waals surface area contributed by atoms with Crippen LogP contribution in [0.1, 0.15) is 11.1 Å². The lowest BCUT2D eigenvalue weighted by molar-refractivity contribution is -0.285. The number of aryl methyl sites for hydroxylation is 1. The first-order valence-corrected chi connectivity index (χ1v) is 5.09. The molecule has 1 aromatic carbocycles. The first-order valence-electron chi connectivity index (χ1n) is 5.09. The van der Waals surface area contributed by atoms with Gasteiger partial charge >= 0.3 is 12.1 Å². The normalized spacial score (nSPS) is 15.1. The van der Waals surface area contributed by atoms with Crippen LogP contribution in [0.25, 0.3) is 6.08 Å². The van der Waals surface area contributed by atoms with Crippen LogP contribution in [0.5, 0.6) is 0 Å². The van der Waals surface area contributed by atoms with Gasteiger partial charge < -0.3 is 5.73 Å². The zero-order valence-electron chi connectivity index (χ0n) is 9.51. The molecule has 0 aliphatic carbocycles. The molecule has 0 saturated heterocycles. The molecule has 0 aliphatic rings. The van der Waals surface area contributed by atoms with Gasteiger partial charge in [-0.3, -0.25) is 0 Å². The number of benzene rings is 1. The SMILES string of the molecule is Cc1ccc(/C=C/C(N)C(F)(F)C(F)(F)F)cc1. The molecular formula is C12H12F5N. The van der Waals surface area contributed by atoms with Crippen LogP contribution in [0, 0.1) is 6.92 Å². The largest absolute Gasteiger partial charge is 0.455 e. The lowest BCUT2D eigenvalue weighted by Gasteiger charge is -2.23. The average molecular weight is 265 g/mol. The standard InChI is InChI=1S/C12H12F5N/c1-8-2-4-9(5-3-8)6-7-10(18)11(13,14)12(15,16)17/h2-7,10H,18H2,1H3/b7-6+. The minimum atomic E-state index is -5.65. The van der Waals surface area contributed by atoms with Gasteiger partial charge in [-0.1, -0.05) is 42.0 Å². The second kappa shape index (κ2) is 5.06. The molecule has 0 radical (unpaired) electrons. The first kappa shape index (κ1) is 14.6. The highest BCUT2D eigenvalue weighted by atomic mass is 19.4. The van der Waals surface area contributed by atoms with Gasteiger partial charge in [0.25, 0.3) is 0 Å². The van der Waals surface area contributed by atoms with E-state index in [4.69, 9.17) is 5.73 Å². The first-order chi connectivity index (χ1) is 8.14. The summed E-state index contributed by atoms with van der Waals surface area (Å²) in [6.07, 6.45) is -3.86. The van der Waals surface area contributed by atoms with Crippen molar-refractivity contribution in [2.45, 2.75) is 25.1 Å². The molecule has 2 N–H and O–H groups in total. The van der Waals surface area contributed by atoms with Crippen LogP contribution in [0.15, 0.2) is 30.3 Å². The number of rotatable bonds is 3. The Morgan fingerprint density at radius 2 is 1.56 bits per heavy atom. The van der Waals surface area contributed by atoms with Crippen molar-refractivity contribution in [3.63, 3.8) is 0 Å². The molecule has 1 aromatic rings. The third-order valence-corrected chi connectivity index (χ3v) is 2.37. The molecule has 0 saturated carbocycles. The Hall–Kier alpha value is -1.43. The summed E-state index contributed by atoms with van der Waals surface area (Å²) in [6.45, 7) is 1.83. The molecule has 0 aliphatic heterocycles. The van der Waals surface area contributed by atoms with Gasteiger partial charge in [0.05, 0.1) is 6.04 Å². The number of nitrogens with two attached hydrogens (primary N) is 1. The second-order valence-corrected chi connectivity index (χ2v) is 3.92. The van der Waals surface area contributed by atoms with Crippen LogP contribution in [0.3, 0.4) is 0 Å². The van der Waals surface area contributed by atoms with E-state index in [2.05, 4.69) is 0 Å². The number of alkyl halides is 5. The number of halogens is 5. The maximum absolute atomic E-state index is 12.8. The second-order valence-electron chi connectivity index (χ2n) is 3.92. The highest BCUT2D eigenvalue weighted by Gasteiger charge is 2.60. The minimum Gasteiger partial charge on any atom is -0.319 e. The smallest absolute Gasteiger partial charge is 0.319 e. The Bertz CT molecular complexity index is 419. The fourth-order valence-corrected chi connectivity index (χ4v) is 1.20. The van der Waals surface area contributed by atoms with Crippen molar-refractivity contribution in [1.82, 2.24) is 0 Å². The summed E-state index contributed by atoms with van der Waals surface area (Å²) in [6, 6.07) is 4.23. The van der Waals surface area contributed by atoms with E-state index in [1.54, 1.807) is 24.3 Å². The molecule has 18 heavy (non-hydrogen) atoms. The molecule has 6 heteroatoms. The lowest BCUT2D eigenvalue weighted by Crippen LogP contribution is -2.50. The molecule has 0 bridgehead atoms. The Labute approximate surface area is 101 Å². The zero-order valence-corrected chi connectivity index (χ0v) is 9.51. The van der Waals surface area contributed by atoms with Crippen LogP contribution in [-0.4, -0.2) is 18.1 Å². The highest BCUT2D eigenvalue weighted by Crippen LogP contribution is 2.37. The molecule has 100 valence electrons. The summed E-state index contributed by atoms with van der Waals surface area (Å²) in [7, 11) is 0. The fourth-order valence-electron chi connectivity index (χ4n) is 1.20. The van der Waals surface area contributed by atoms with Gasteiger partial charge in [-0.2, -0.15) is 22.0 Å². The maximum atomic E-state index is 12.8. The van der Waals surface area contributed by atoms with Gasteiger partial charge in [-0.05, 0) is 12.5 Å². The molecule has 0 amide bonds. The third kappa shape index (κ3) is 3.29. The van der Waals surface area contributed by atoms with Crippen LogP contribution < -0.4 is 5.73 Å². The van der Waals surface area contributed by atoms with Crippen LogP contribution >= 0.6 is 0 Å². The van der Waals surface area contributed by atoms with E-state index >= 15 is 0 Å². The highest BCUT2D eigenvalue weighted by molar-refractivity contribution is 5.50. The van der Waals surface area contributed by atoms with Gasteiger partial charge in [0, 0.05) is 0 Å². The molecule has 1 atom stereocenters. The van der Waals surface area contributed by atoms with E-state index in [1.807, 2.05) is 6.92 Å². The van der Waals surface area contributed by atoms with Crippen molar-refractivity contribution in [2.24, 2.45) is 5.73 Å². The maximum Gasteiger partial charge on any atom is 0.455 e. The molecule has 1 unspecified atom stereocenters. The summed E-state index contributed by atoms with van der Waals surface area (Å²) >= 11 is 0. The van der Waals surface area contributed by atoms with Gasteiger partial charge in [0.2, 0.25) is 0 Å². The zero-order chi connectivity index (χ0) is 14.0. The number of hydrogen-bond acceptors (Lipinski definition) is 1. The number of hydrogen-bond donors (Lipinski definition) is 1. The minimum absolute atomic E-state index is 0.508. The fraction of sp³-hybridized carbons (Fsp3) is 0.333. The molecule has 0 heterocycles. The van der Waals surface area contributed by atoms with E-state index < -0.39 is 18.1 Å². The summed E-state index contributed by atoms with van der Waals surface area (Å²) in [5.74, 6) is -4.94. The predicted octanol–water partition coefficient (Wildman–Crippen LogP) is 3.53. The van der Waals surface area contributed by atoms with Gasteiger partial charge in [-0.15, -0.1) is 0 Å². The predicted molar refractivity (Wildman–Crippen MR) is 59.2 cm³/mol. The Morgan fingerprint density at radius 3 is 2.00 bits per heavy atom. The van der Waals surface area contributed by atoms with Crippen molar-refractivity contribution in [2.75, 3.05) is 0 Å². The van der Waals surface area contributed by atoms with Crippen molar-refractivity contribution < 1.29 is 22.0 Å². The molecule has 1 nitrogen and oxygen atoms in total. The van der Waals surface area contributed by atoms with Crippen molar-refractivity contribution in [3.8, 4) is 0 Å². The Morgan fingerprint density at radius 1 is 1.06 bits per heavy atom. The van der Waals surface area contributed by atoms with E-state index in [9.17, 15) is 22.0 Å². The van der Waals surface area contributed by atoms with Crippen molar-refractivity contribution >= 4 is 6.08 Å². The van der Waals surface area contributed by atoms with Gasteiger partial charge in [-0.25, -0.2) is 0 Å². The van der Waals surface area contributed by atoms with E-state index in [0.29, 0.717) is 11.6 Å². The van der Waals surface area contributed by atoms with Gasteiger partial charge in [0.1, 0.15) is 0 Å². The monoisotopic (exact) mass is 265 g/mol. The van der Waals surface area contributed by atoms with E-state index in [1.165, 1.54) is 0 Å². The summed E-state index contributed by atoms with van der Waals surface area (Å²) in [4.78, 5) is 0. The summed E-state index contributed by atoms with van der Waals surface area (Å²) in [5, 5.41) is 0.